The molecule has 2 atom stereocenters. The highest BCUT2D eigenvalue weighted by molar-refractivity contribution is 7.89. The summed E-state index contributed by atoms with van der Waals surface area (Å²) in [5, 5.41) is 12.4. The molecule has 0 aliphatic heterocycles. The molecule has 1 aliphatic rings. The second-order valence-corrected chi connectivity index (χ2v) is 8.12. The van der Waals surface area contributed by atoms with Crippen molar-refractivity contribution in [2.24, 2.45) is 5.92 Å². The first-order chi connectivity index (χ1) is 11.4. The molecule has 1 amide bonds. The third kappa shape index (κ3) is 5.17. The lowest BCUT2D eigenvalue weighted by Crippen LogP contribution is -2.44. The van der Waals surface area contributed by atoms with E-state index in [1.807, 2.05) is 0 Å². The zero-order valence-corrected chi connectivity index (χ0v) is 14.9. The summed E-state index contributed by atoms with van der Waals surface area (Å²) in [6.07, 6.45) is 3.89. The van der Waals surface area contributed by atoms with Crippen molar-refractivity contribution in [3.05, 3.63) is 29.3 Å². The Morgan fingerprint density at radius 3 is 2.67 bits per heavy atom. The number of carbonyl (C=O) groups excluding carboxylic acids is 1. The topological polar surface area (TPSA) is 95.5 Å². The first-order valence-corrected chi connectivity index (χ1v) is 9.94. The van der Waals surface area contributed by atoms with Gasteiger partial charge in [0.15, 0.2) is 0 Å². The van der Waals surface area contributed by atoms with Gasteiger partial charge in [-0.15, -0.1) is 0 Å². The molecule has 134 valence electrons. The highest BCUT2D eigenvalue weighted by Crippen LogP contribution is 2.24. The summed E-state index contributed by atoms with van der Waals surface area (Å²) in [5.41, 5.74) is 0. The summed E-state index contributed by atoms with van der Waals surface area (Å²) in [6.45, 7) is 0.0555. The van der Waals surface area contributed by atoms with Gasteiger partial charge in [0, 0.05) is 31.5 Å². The highest BCUT2D eigenvalue weighted by Gasteiger charge is 2.25. The Bertz CT molecular complexity index is 666. The predicted molar refractivity (Wildman–Crippen MR) is 92.2 cm³/mol. The number of aliphatic hydroxyl groups is 1. The fourth-order valence-corrected chi connectivity index (χ4v) is 4.48. The molecule has 8 heteroatoms. The summed E-state index contributed by atoms with van der Waals surface area (Å²) >= 11 is 5.89. The minimum Gasteiger partial charge on any atom is -0.396 e. The van der Waals surface area contributed by atoms with Crippen LogP contribution in [0.4, 0.5) is 0 Å². The second kappa shape index (κ2) is 8.80. The Labute approximate surface area is 147 Å². The number of benzene rings is 1. The molecule has 1 aromatic carbocycles. The van der Waals surface area contributed by atoms with Gasteiger partial charge in [-0.3, -0.25) is 4.79 Å². The number of hydrogen-bond acceptors (Lipinski definition) is 4. The van der Waals surface area contributed by atoms with Gasteiger partial charge >= 0.3 is 0 Å². The molecule has 24 heavy (non-hydrogen) atoms. The molecule has 0 saturated heterocycles. The molecule has 0 heterocycles. The maximum Gasteiger partial charge on any atom is 0.242 e. The van der Waals surface area contributed by atoms with Gasteiger partial charge in [-0.2, -0.15) is 0 Å². The van der Waals surface area contributed by atoms with Crippen LogP contribution >= 0.6 is 11.6 Å². The van der Waals surface area contributed by atoms with Crippen molar-refractivity contribution in [1.29, 1.82) is 0 Å². The first kappa shape index (κ1) is 19.2. The molecule has 3 N–H and O–H groups in total. The molecule has 1 saturated carbocycles. The molecule has 0 bridgehead atoms. The van der Waals surface area contributed by atoms with E-state index < -0.39 is 10.0 Å². The van der Waals surface area contributed by atoms with Gasteiger partial charge in [-0.05, 0) is 25.0 Å². The molecule has 0 unspecified atom stereocenters. The van der Waals surface area contributed by atoms with Crippen LogP contribution in [0.5, 0.6) is 0 Å². The van der Waals surface area contributed by atoms with Crippen LogP contribution < -0.4 is 10.0 Å². The number of amides is 1. The fraction of sp³-hybridized carbons (Fsp3) is 0.562. The van der Waals surface area contributed by atoms with Crippen LogP contribution in [0.3, 0.4) is 0 Å². The quantitative estimate of drug-likeness (QED) is 0.676. The minimum atomic E-state index is -3.74. The zero-order valence-electron chi connectivity index (χ0n) is 13.4. The lowest BCUT2D eigenvalue weighted by molar-refractivity contribution is -0.122. The third-order valence-corrected chi connectivity index (χ3v) is 6.22. The Morgan fingerprint density at radius 2 is 1.96 bits per heavy atom. The lowest BCUT2D eigenvalue weighted by Gasteiger charge is -2.30. The summed E-state index contributed by atoms with van der Waals surface area (Å²) in [7, 11) is -3.74. The van der Waals surface area contributed by atoms with E-state index in [9.17, 15) is 18.3 Å². The van der Waals surface area contributed by atoms with E-state index in [1.54, 1.807) is 12.1 Å². The van der Waals surface area contributed by atoms with Crippen LogP contribution in [0.25, 0.3) is 0 Å². The van der Waals surface area contributed by atoms with Crippen molar-refractivity contribution < 1.29 is 18.3 Å². The monoisotopic (exact) mass is 374 g/mol. The molecular weight excluding hydrogens is 352 g/mol. The van der Waals surface area contributed by atoms with Crippen molar-refractivity contribution in [3.8, 4) is 0 Å². The Morgan fingerprint density at radius 1 is 1.25 bits per heavy atom. The Balaban J connectivity index is 1.83. The first-order valence-electron chi connectivity index (χ1n) is 8.08. The van der Waals surface area contributed by atoms with E-state index in [2.05, 4.69) is 10.0 Å². The van der Waals surface area contributed by atoms with Crippen molar-refractivity contribution in [2.75, 3.05) is 13.2 Å². The SMILES string of the molecule is O=C(CCNS(=O)(=O)c1ccccc1Cl)N[C@H]1CCCC[C@@H]1CO. The van der Waals surface area contributed by atoms with E-state index in [0.29, 0.717) is 0 Å². The van der Waals surface area contributed by atoms with Crippen molar-refractivity contribution in [1.82, 2.24) is 10.0 Å². The standard InChI is InChI=1S/C16H23ClN2O4S/c17-13-6-2-4-8-15(13)24(22,23)18-10-9-16(21)19-14-7-3-1-5-12(14)11-20/h2,4,6,8,12,14,18,20H,1,3,5,7,9-11H2,(H,19,21)/t12-,14+/m1/s1. The van der Waals surface area contributed by atoms with Crippen LogP contribution in [0, 0.1) is 5.92 Å². The molecule has 1 aromatic rings. The second-order valence-electron chi connectivity index (χ2n) is 5.98. The Hall–Kier alpha value is -1.15. The molecular formula is C16H23ClN2O4S. The smallest absolute Gasteiger partial charge is 0.242 e. The number of rotatable bonds is 7. The van der Waals surface area contributed by atoms with Gasteiger partial charge in [0.2, 0.25) is 15.9 Å². The van der Waals surface area contributed by atoms with Gasteiger partial charge in [-0.25, -0.2) is 13.1 Å². The third-order valence-electron chi connectivity index (χ3n) is 4.26. The average Bonchev–Trinajstić information content (AvgIpc) is 2.55. The zero-order chi connectivity index (χ0) is 17.6. The molecule has 0 radical (unpaired) electrons. The number of nitrogens with one attached hydrogen (secondary N) is 2. The molecule has 2 rings (SSSR count). The summed E-state index contributed by atoms with van der Waals surface area (Å²) in [5.74, 6) is -0.135. The van der Waals surface area contributed by atoms with E-state index in [-0.39, 0.29) is 47.4 Å². The number of halogens is 1. The lowest BCUT2D eigenvalue weighted by atomic mass is 9.85. The fourth-order valence-electron chi connectivity index (χ4n) is 2.93. The van der Waals surface area contributed by atoms with Crippen molar-refractivity contribution in [3.63, 3.8) is 0 Å². The van der Waals surface area contributed by atoms with Crippen molar-refractivity contribution in [2.45, 2.75) is 43.0 Å². The van der Waals surface area contributed by atoms with Gasteiger partial charge in [0.25, 0.3) is 0 Å². The predicted octanol–water partition coefficient (Wildman–Crippen LogP) is 1.68. The van der Waals surface area contributed by atoms with E-state index in [4.69, 9.17) is 11.6 Å². The average molecular weight is 375 g/mol. The maximum absolute atomic E-state index is 12.2. The van der Waals surface area contributed by atoms with Crippen LogP contribution in [0.15, 0.2) is 29.2 Å². The largest absolute Gasteiger partial charge is 0.396 e. The molecule has 1 fully saturated rings. The van der Waals surface area contributed by atoms with Crippen LogP contribution in [0.2, 0.25) is 5.02 Å². The maximum atomic E-state index is 12.2. The van der Waals surface area contributed by atoms with Gasteiger partial charge in [-0.1, -0.05) is 36.6 Å². The summed E-state index contributed by atoms with van der Waals surface area (Å²) in [4.78, 5) is 12.0. The summed E-state index contributed by atoms with van der Waals surface area (Å²) in [6, 6.07) is 6.12. The molecule has 1 aliphatic carbocycles. The minimum absolute atomic E-state index is 0.000278. The normalized spacial score (nSPS) is 21.4. The molecule has 0 spiro atoms. The van der Waals surface area contributed by atoms with Gasteiger partial charge in [0.1, 0.15) is 4.90 Å². The number of carbonyl (C=O) groups is 1. The van der Waals surface area contributed by atoms with Gasteiger partial charge < -0.3 is 10.4 Å². The van der Waals surface area contributed by atoms with Crippen LogP contribution in [-0.2, 0) is 14.8 Å². The molecule has 6 nitrogen and oxygen atoms in total. The van der Waals surface area contributed by atoms with E-state index >= 15 is 0 Å². The Kier molecular flexibility index (Phi) is 7.03. The summed E-state index contributed by atoms with van der Waals surface area (Å²) < 4.78 is 26.7. The van der Waals surface area contributed by atoms with Crippen molar-refractivity contribution >= 4 is 27.5 Å². The molecule has 0 aromatic heterocycles. The van der Waals surface area contributed by atoms with E-state index in [1.165, 1.54) is 12.1 Å². The highest BCUT2D eigenvalue weighted by atomic mass is 35.5. The number of hydrogen-bond donors (Lipinski definition) is 3. The van der Waals surface area contributed by atoms with Gasteiger partial charge in [0.05, 0.1) is 5.02 Å². The number of aliphatic hydroxyl groups excluding tert-OH is 1. The van der Waals surface area contributed by atoms with E-state index in [0.717, 1.165) is 25.7 Å². The van der Waals surface area contributed by atoms with Crippen LogP contribution in [0.1, 0.15) is 32.1 Å². The van der Waals surface area contributed by atoms with Crippen LogP contribution in [-0.4, -0.2) is 38.6 Å². The number of sulfonamides is 1.